The molecule has 2 aromatic carbocycles. The fourth-order valence-electron chi connectivity index (χ4n) is 2.67. The number of thioether (sulfide) groups is 1. The van der Waals surface area contributed by atoms with Crippen LogP contribution in [0, 0.1) is 0 Å². The van der Waals surface area contributed by atoms with Crippen molar-refractivity contribution in [2.45, 2.75) is 43.6 Å². The number of ether oxygens (including phenoxy) is 2. The second-order valence-electron chi connectivity index (χ2n) is 7.49. The van der Waals surface area contributed by atoms with Gasteiger partial charge in [-0.1, -0.05) is 6.07 Å². The quantitative estimate of drug-likeness (QED) is 0.275. The van der Waals surface area contributed by atoms with Crippen LogP contribution in [-0.2, 0) is 21.9 Å². The average Bonchev–Trinajstić information content (AvgIpc) is 2.63. The third-order valence-corrected chi connectivity index (χ3v) is 4.62. The number of esters is 1. The monoisotopic (exact) mass is 466 g/mol. The molecule has 0 aliphatic rings. The molecule has 0 aliphatic heterocycles. The van der Waals surface area contributed by atoms with Crippen LogP contribution in [0.5, 0.6) is 5.75 Å². The fraction of sp³-hybridized carbons (Fsp3) is 0.381. The van der Waals surface area contributed by atoms with Crippen LogP contribution in [0.3, 0.4) is 0 Å². The maximum absolute atomic E-state index is 13.7. The standard InChI is InChI=1S/C21H20F6O3S/c1-19(2,3)30-18(28)11-29-17-8-5-12(20(22,23)24)9-15(17)14-7-6-13(31-4)10-16(14)21(25,26)27/h5-10H,11H2,1-4H3. The Morgan fingerprint density at radius 3 is 2.06 bits per heavy atom. The average molecular weight is 466 g/mol. The summed E-state index contributed by atoms with van der Waals surface area (Å²) in [5, 5.41) is 0. The Balaban J connectivity index is 2.58. The van der Waals surface area contributed by atoms with E-state index in [1.54, 1.807) is 27.0 Å². The van der Waals surface area contributed by atoms with Crippen molar-refractivity contribution >= 4 is 17.7 Å². The van der Waals surface area contributed by atoms with Gasteiger partial charge in [-0.15, -0.1) is 11.8 Å². The molecule has 0 heterocycles. The molecular formula is C21H20F6O3S. The minimum Gasteiger partial charge on any atom is -0.481 e. The van der Waals surface area contributed by atoms with Crippen molar-refractivity contribution in [1.29, 1.82) is 0 Å². The first-order valence-corrected chi connectivity index (χ1v) is 10.2. The molecule has 3 nitrogen and oxygen atoms in total. The molecule has 0 spiro atoms. The van der Waals surface area contributed by atoms with E-state index in [2.05, 4.69) is 0 Å². The zero-order valence-corrected chi connectivity index (χ0v) is 17.9. The molecule has 0 amide bonds. The van der Waals surface area contributed by atoms with Gasteiger partial charge in [-0.2, -0.15) is 26.3 Å². The Hall–Kier alpha value is -2.36. The van der Waals surface area contributed by atoms with E-state index < -0.39 is 52.8 Å². The Morgan fingerprint density at radius 1 is 0.903 bits per heavy atom. The first kappa shape index (κ1) is 24.9. The number of alkyl halides is 6. The molecule has 0 saturated heterocycles. The van der Waals surface area contributed by atoms with Gasteiger partial charge in [-0.25, -0.2) is 4.79 Å². The third-order valence-electron chi connectivity index (χ3n) is 3.89. The predicted octanol–water partition coefficient (Wildman–Crippen LogP) is 6.83. The van der Waals surface area contributed by atoms with Crippen molar-refractivity contribution in [2.75, 3.05) is 12.9 Å². The highest BCUT2D eigenvalue weighted by molar-refractivity contribution is 7.98. The maximum atomic E-state index is 13.7. The Morgan fingerprint density at radius 2 is 1.55 bits per heavy atom. The number of halogens is 6. The highest BCUT2D eigenvalue weighted by Crippen LogP contribution is 2.44. The molecule has 0 unspecified atom stereocenters. The summed E-state index contributed by atoms with van der Waals surface area (Å²) in [6, 6.07) is 5.46. The Bertz CT molecular complexity index is 946. The largest absolute Gasteiger partial charge is 0.481 e. The summed E-state index contributed by atoms with van der Waals surface area (Å²) in [5.41, 5.74) is -4.01. The van der Waals surface area contributed by atoms with E-state index in [0.29, 0.717) is 17.0 Å². The van der Waals surface area contributed by atoms with Crippen LogP contribution < -0.4 is 4.74 Å². The maximum Gasteiger partial charge on any atom is 0.417 e. The molecule has 0 atom stereocenters. The van der Waals surface area contributed by atoms with Crippen LogP contribution in [-0.4, -0.2) is 24.4 Å². The van der Waals surface area contributed by atoms with Crippen molar-refractivity contribution in [3.05, 3.63) is 47.5 Å². The van der Waals surface area contributed by atoms with Crippen molar-refractivity contribution in [1.82, 2.24) is 0 Å². The summed E-state index contributed by atoms with van der Waals surface area (Å²) in [5.74, 6) is -1.12. The van der Waals surface area contributed by atoms with E-state index in [1.165, 1.54) is 6.07 Å². The van der Waals surface area contributed by atoms with Crippen LogP contribution in [0.15, 0.2) is 41.3 Å². The lowest BCUT2D eigenvalue weighted by Gasteiger charge is -2.21. The highest BCUT2D eigenvalue weighted by atomic mass is 32.2. The molecule has 2 rings (SSSR count). The minimum absolute atomic E-state index is 0.291. The number of benzene rings is 2. The first-order valence-electron chi connectivity index (χ1n) is 8.93. The van der Waals surface area contributed by atoms with Crippen molar-refractivity contribution < 1.29 is 40.6 Å². The lowest BCUT2D eigenvalue weighted by molar-refractivity contribution is -0.157. The second kappa shape index (κ2) is 9.02. The molecule has 31 heavy (non-hydrogen) atoms. The van der Waals surface area contributed by atoms with Crippen LogP contribution in [0.25, 0.3) is 11.1 Å². The SMILES string of the molecule is CSc1ccc(-c2cc(C(F)(F)F)ccc2OCC(=O)OC(C)(C)C)c(C(F)(F)F)c1. The van der Waals surface area contributed by atoms with Gasteiger partial charge in [0, 0.05) is 10.5 Å². The lowest BCUT2D eigenvalue weighted by atomic mass is 9.96. The zero-order chi connectivity index (χ0) is 23.6. The highest BCUT2D eigenvalue weighted by Gasteiger charge is 2.36. The molecule has 0 fully saturated rings. The van der Waals surface area contributed by atoms with Gasteiger partial charge in [0.05, 0.1) is 11.1 Å². The number of hydrogen-bond donors (Lipinski definition) is 0. The van der Waals surface area contributed by atoms with Crippen molar-refractivity contribution in [3.8, 4) is 16.9 Å². The molecular weight excluding hydrogens is 446 g/mol. The minimum atomic E-state index is -4.82. The van der Waals surface area contributed by atoms with Crippen LogP contribution in [0.2, 0.25) is 0 Å². The first-order chi connectivity index (χ1) is 14.1. The number of hydrogen-bond acceptors (Lipinski definition) is 4. The summed E-state index contributed by atoms with van der Waals surface area (Å²) < 4.78 is 91.0. The summed E-state index contributed by atoms with van der Waals surface area (Å²) >= 11 is 1.06. The van der Waals surface area contributed by atoms with E-state index in [0.717, 1.165) is 30.0 Å². The van der Waals surface area contributed by atoms with Gasteiger partial charge < -0.3 is 9.47 Å². The molecule has 0 aliphatic carbocycles. The molecule has 170 valence electrons. The van der Waals surface area contributed by atoms with Crippen LogP contribution in [0.1, 0.15) is 31.9 Å². The van der Waals surface area contributed by atoms with Gasteiger partial charge in [0.1, 0.15) is 11.4 Å². The fourth-order valence-corrected chi connectivity index (χ4v) is 3.11. The van der Waals surface area contributed by atoms with Crippen LogP contribution >= 0.6 is 11.8 Å². The Labute approximate surface area is 179 Å². The van der Waals surface area contributed by atoms with Gasteiger partial charge >= 0.3 is 18.3 Å². The number of carbonyl (C=O) groups is 1. The predicted molar refractivity (Wildman–Crippen MR) is 105 cm³/mol. The number of carbonyl (C=O) groups excluding carboxylic acids is 1. The molecule has 0 N–H and O–H groups in total. The summed E-state index contributed by atoms with van der Waals surface area (Å²) in [6.45, 7) is 4.14. The van der Waals surface area contributed by atoms with Crippen molar-refractivity contribution in [2.24, 2.45) is 0 Å². The second-order valence-corrected chi connectivity index (χ2v) is 8.37. The molecule has 10 heteroatoms. The van der Waals surface area contributed by atoms with Gasteiger partial charge in [-0.3, -0.25) is 0 Å². The van der Waals surface area contributed by atoms with Gasteiger partial charge in [0.2, 0.25) is 0 Å². The lowest BCUT2D eigenvalue weighted by Crippen LogP contribution is -2.27. The van der Waals surface area contributed by atoms with Gasteiger partial charge in [0.15, 0.2) is 6.61 Å². The van der Waals surface area contributed by atoms with E-state index >= 15 is 0 Å². The van der Waals surface area contributed by atoms with E-state index in [-0.39, 0.29) is 5.75 Å². The van der Waals surface area contributed by atoms with E-state index in [1.807, 2.05) is 0 Å². The topological polar surface area (TPSA) is 35.5 Å². The molecule has 0 radical (unpaired) electrons. The van der Waals surface area contributed by atoms with Gasteiger partial charge in [-0.05, 0) is 62.9 Å². The van der Waals surface area contributed by atoms with E-state index in [9.17, 15) is 31.1 Å². The smallest absolute Gasteiger partial charge is 0.417 e. The molecule has 0 aromatic heterocycles. The zero-order valence-electron chi connectivity index (χ0n) is 17.1. The summed E-state index contributed by atoms with van der Waals surface area (Å²) in [7, 11) is 0. The summed E-state index contributed by atoms with van der Waals surface area (Å²) in [6.07, 6.45) is -8.03. The normalized spacial score (nSPS) is 12.6. The van der Waals surface area contributed by atoms with E-state index in [4.69, 9.17) is 9.47 Å². The molecule has 0 saturated carbocycles. The Kier molecular flexibility index (Phi) is 7.24. The third kappa shape index (κ3) is 6.81. The number of rotatable bonds is 5. The summed E-state index contributed by atoms with van der Waals surface area (Å²) in [4.78, 5) is 12.2. The molecule has 2 aromatic rings. The van der Waals surface area contributed by atoms with Crippen molar-refractivity contribution in [3.63, 3.8) is 0 Å². The molecule has 0 bridgehead atoms. The van der Waals surface area contributed by atoms with Gasteiger partial charge in [0.25, 0.3) is 0 Å². The van der Waals surface area contributed by atoms with Crippen LogP contribution in [0.4, 0.5) is 26.3 Å².